The summed E-state index contributed by atoms with van der Waals surface area (Å²) in [5.74, 6) is -0.0454. The van der Waals surface area contributed by atoms with Crippen LogP contribution in [0.3, 0.4) is 0 Å². The first-order valence-corrected chi connectivity index (χ1v) is 9.84. The molecular formula is C20H22N8O4. The first kappa shape index (κ1) is 21.2. The summed E-state index contributed by atoms with van der Waals surface area (Å²) >= 11 is 0. The zero-order valence-corrected chi connectivity index (χ0v) is 17.8. The van der Waals surface area contributed by atoms with Gasteiger partial charge in [0.1, 0.15) is 11.2 Å². The number of nitro benzene ring substituents is 1. The van der Waals surface area contributed by atoms with Crippen LogP contribution in [0.2, 0.25) is 0 Å². The summed E-state index contributed by atoms with van der Waals surface area (Å²) < 4.78 is 1.47. The third-order valence-corrected chi connectivity index (χ3v) is 5.75. The molecule has 12 heteroatoms. The van der Waals surface area contributed by atoms with Crippen molar-refractivity contribution in [2.45, 2.75) is 39.3 Å². The molecule has 0 spiro atoms. The number of rotatable bonds is 4. The Morgan fingerprint density at radius 3 is 2.75 bits per heavy atom. The molecule has 12 nitrogen and oxygen atoms in total. The number of nitro groups is 1. The highest BCUT2D eigenvalue weighted by Crippen LogP contribution is 2.51. The number of carboxylic acid groups (broad SMARTS) is 1. The molecular weight excluding hydrogens is 416 g/mol. The summed E-state index contributed by atoms with van der Waals surface area (Å²) in [6.45, 7) is 5.94. The van der Waals surface area contributed by atoms with Crippen molar-refractivity contribution >= 4 is 28.9 Å². The minimum absolute atomic E-state index is 0.0393. The first-order valence-electron chi connectivity index (χ1n) is 9.84. The molecule has 166 valence electrons. The minimum Gasteiger partial charge on any atom is -0.465 e. The van der Waals surface area contributed by atoms with Gasteiger partial charge in [0.2, 0.25) is 5.95 Å². The predicted octanol–water partition coefficient (Wildman–Crippen LogP) is 2.90. The van der Waals surface area contributed by atoms with Crippen molar-refractivity contribution in [3.63, 3.8) is 0 Å². The van der Waals surface area contributed by atoms with Gasteiger partial charge in [0.15, 0.2) is 11.2 Å². The number of hydrogen-bond donors (Lipinski definition) is 2. The maximum atomic E-state index is 12.1. The van der Waals surface area contributed by atoms with E-state index in [2.05, 4.69) is 20.3 Å². The lowest BCUT2D eigenvalue weighted by Crippen LogP contribution is -2.52. The van der Waals surface area contributed by atoms with Crippen LogP contribution in [0.15, 0.2) is 36.5 Å². The lowest BCUT2D eigenvalue weighted by atomic mass is 9.69. The molecule has 2 aromatic heterocycles. The number of benzene rings is 1. The van der Waals surface area contributed by atoms with E-state index < -0.39 is 22.0 Å². The van der Waals surface area contributed by atoms with E-state index in [0.717, 1.165) is 0 Å². The molecule has 1 unspecified atom stereocenters. The van der Waals surface area contributed by atoms with Crippen LogP contribution in [0.4, 0.5) is 16.4 Å². The monoisotopic (exact) mass is 438 g/mol. The number of amides is 1. The number of non-ortho nitro benzene ring substituents is 1. The van der Waals surface area contributed by atoms with E-state index in [0.29, 0.717) is 28.8 Å². The minimum atomic E-state index is -1.12. The molecule has 32 heavy (non-hydrogen) atoms. The molecule has 0 saturated heterocycles. The summed E-state index contributed by atoms with van der Waals surface area (Å²) in [5, 5.41) is 29.4. The van der Waals surface area contributed by atoms with E-state index >= 15 is 0 Å². The fourth-order valence-corrected chi connectivity index (χ4v) is 4.22. The Labute approximate surface area is 182 Å². The fourth-order valence-electron chi connectivity index (χ4n) is 4.22. The third kappa shape index (κ3) is 3.20. The molecule has 1 atom stereocenters. The smallest absolute Gasteiger partial charge is 0.412 e. The largest absolute Gasteiger partial charge is 0.465 e. The average molecular weight is 438 g/mol. The average Bonchev–Trinajstić information content (AvgIpc) is 3.33. The van der Waals surface area contributed by atoms with E-state index in [1.807, 2.05) is 20.8 Å². The van der Waals surface area contributed by atoms with Crippen molar-refractivity contribution in [2.75, 3.05) is 5.73 Å². The molecule has 3 heterocycles. The quantitative estimate of drug-likeness (QED) is 0.460. The van der Waals surface area contributed by atoms with Crippen molar-refractivity contribution in [3.8, 4) is 0 Å². The molecule has 3 N–H and O–H groups in total. The van der Waals surface area contributed by atoms with Gasteiger partial charge in [0, 0.05) is 18.3 Å². The molecule has 0 saturated carbocycles. The van der Waals surface area contributed by atoms with Gasteiger partial charge in [0.05, 0.1) is 11.5 Å². The van der Waals surface area contributed by atoms with Gasteiger partial charge in [-0.3, -0.25) is 15.0 Å². The molecule has 1 amide bonds. The van der Waals surface area contributed by atoms with Crippen molar-refractivity contribution in [1.29, 1.82) is 0 Å². The molecule has 1 aromatic carbocycles. The van der Waals surface area contributed by atoms with E-state index in [1.165, 1.54) is 27.9 Å². The molecule has 4 rings (SSSR count). The molecule has 0 fully saturated rings. The van der Waals surface area contributed by atoms with Gasteiger partial charge in [0.25, 0.3) is 5.69 Å². The maximum absolute atomic E-state index is 12.1. The van der Waals surface area contributed by atoms with Gasteiger partial charge < -0.3 is 10.8 Å². The number of carbonyl (C=O) groups is 1. The van der Waals surface area contributed by atoms with Crippen LogP contribution in [-0.4, -0.2) is 46.0 Å². The topological polar surface area (TPSA) is 166 Å². The second-order valence-electron chi connectivity index (χ2n) is 8.63. The Hall–Kier alpha value is -4.09. The number of nitrogens with zero attached hydrogens (tertiary/aromatic N) is 7. The van der Waals surface area contributed by atoms with Crippen molar-refractivity contribution in [3.05, 3.63) is 57.9 Å². The SMILES string of the molecule is CC(C)(C)C1(c2nc(N)nc3c2nnn3Cc2cccc([N+](=O)[O-])c2)CC=CN1C(=O)O. The molecule has 0 bridgehead atoms. The van der Waals surface area contributed by atoms with Crippen LogP contribution in [0.5, 0.6) is 0 Å². The van der Waals surface area contributed by atoms with Gasteiger partial charge in [-0.15, -0.1) is 5.10 Å². The number of nitrogen functional groups attached to an aromatic ring is 1. The summed E-state index contributed by atoms with van der Waals surface area (Å²) in [6, 6.07) is 6.17. The third-order valence-electron chi connectivity index (χ3n) is 5.75. The van der Waals surface area contributed by atoms with E-state index in [1.54, 1.807) is 18.2 Å². The van der Waals surface area contributed by atoms with E-state index in [4.69, 9.17) is 5.73 Å². The second kappa shape index (κ2) is 7.25. The maximum Gasteiger partial charge on any atom is 0.412 e. The van der Waals surface area contributed by atoms with Gasteiger partial charge >= 0.3 is 6.09 Å². The number of aromatic nitrogens is 5. The highest BCUT2D eigenvalue weighted by atomic mass is 16.6. The van der Waals surface area contributed by atoms with E-state index in [-0.39, 0.29) is 18.2 Å². The number of hydrogen-bond acceptors (Lipinski definition) is 8. The van der Waals surface area contributed by atoms with Crippen molar-refractivity contribution in [1.82, 2.24) is 29.9 Å². The molecule has 0 radical (unpaired) electrons. The summed E-state index contributed by atoms with van der Waals surface area (Å²) in [5.41, 5.74) is 5.99. The summed E-state index contributed by atoms with van der Waals surface area (Å²) in [7, 11) is 0. The summed E-state index contributed by atoms with van der Waals surface area (Å²) in [4.78, 5) is 32.7. The van der Waals surface area contributed by atoms with Crippen LogP contribution >= 0.6 is 0 Å². The molecule has 1 aliphatic heterocycles. The van der Waals surface area contributed by atoms with Crippen LogP contribution in [0, 0.1) is 15.5 Å². The number of nitrogens with two attached hydrogens (primary N) is 1. The highest BCUT2D eigenvalue weighted by Gasteiger charge is 2.54. The second-order valence-corrected chi connectivity index (χ2v) is 8.63. The predicted molar refractivity (Wildman–Crippen MR) is 114 cm³/mol. The standard InChI is InChI=1S/C20H22N8O4/c1-19(2,3)20(8-5-9-26(20)18(29)30)15-14-16(23-17(21)22-15)27(25-24-14)11-12-6-4-7-13(10-12)28(31)32/h4-7,9-10H,8,11H2,1-3H3,(H,29,30)(H2,21,22,23). The molecule has 1 aliphatic rings. The van der Waals surface area contributed by atoms with Gasteiger partial charge in [-0.05, 0) is 17.4 Å². The fraction of sp³-hybridized carbons (Fsp3) is 0.350. The first-order chi connectivity index (χ1) is 15.0. The van der Waals surface area contributed by atoms with Crippen LogP contribution in [-0.2, 0) is 12.1 Å². The zero-order valence-electron chi connectivity index (χ0n) is 17.8. The molecule has 0 aliphatic carbocycles. The van der Waals surface area contributed by atoms with Crippen molar-refractivity contribution in [2.24, 2.45) is 5.41 Å². The Bertz CT molecular complexity index is 1260. The van der Waals surface area contributed by atoms with Gasteiger partial charge in [-0.1, -0.05) is 44.2 Å². The molecule has 3 aromatic rings. The Morgan fingerprint density at radius 1 is 1.34 bits per heavy atom. The number of anilines is 1. The van der Waals surface area contributed by atoms with E-state index in [9.17, 15) is 20.0 Å². The van der Waals surface area contributed by atoms with Crippen LogP contribution in [0.25, 0.3) is 11.2 Å². The van der Waals surface area contributed by atoms with Crippen LogP contribution < -0.4 is 5.73 Å². The Balaban J connectivity index is 1.88. The van der Waals surface area contributed by atoms with Gasteiger partial charge in [-0.2, -0.15) is 4.98 Å². The lowest BCUT2D eigenvalue weighted by molar-refractivity contribution is -0.384. The lowest BCUT2D eigenvalue weighted by Gasteiger charge is -2.46. The van der Waals surface area contributed by atoms with Crippen LogP contribution in [0.1, 0.15) is 38.4 Å². The summed E-state index contributed by atoms with van der Waals surface area (Å²) in [6.07, 6.45) is 2.55. The van der Waals surface area contributed by atoms with Gasteiger partial charge in [-0.25, -0.2) is 14.5 Å². The Kier molecular flexibility index (Phi) is 4.79. The van der Waals surface area contributed by atoms with Crippen molar-refractivity contribution < 1.29 is 14.8 Å². The normalized spacial score (nSPS) is 18.4. The number of fused-ring (bicyclic) bond motifs is 1. The zero-order chi connectivity index (χ0) is 23.3. The Morgan fingerprint density at radius 2 is 2.09 bits per heavy atom. The highest BCUT2D eigenvalue weighted by molar-refractivity contribution is 5.78.